The van der Waals surface area contributed by atoms with Gasteiger partial charge >= 0.3 is 0 Å². The van der Waals surface area contributed by atoms with Gasteiger partial charge in [0.1, 0.15) is 17.9 Å². The third-order valence-corrected chi connectivity index (χ3v) is 6.41. The van der Waals surface area contributed by atoms with E-state index < -0.39 is 0 Å². The highest BCUT2D eigenvalue weighted by molar-refractivity contribution is 5.76. The molecule has 1 aliphatic rings. The number of hydrogen-bond acceptors (Lipinski definition) is 6. The molecule has 1 saturated heterocycles. The summed E-state index contributed by atoms with van der Waals surface area (Å²) in [5, 5.41) is 4.50. The first kappa shape index (κ1) is 23.4. The molecule has 1 amide bonds. The van der Waals surface area contributed by atoms with E-state index in [1.54, 1.807) is 67.9 Å². The monoisotopic (exact) mass is 491 g/mol. The average molecular weight is 492 g/mol. The number of anilines is 1. The van der Waals surface area contributed by atoms with Crippen LogP contribution in [-0.4, -0.2) is 65.4 Å². The highest BCUT2D eigenvalue weighted by atomic mass is 19.1. The molecule has 10 heteroatoms. The second-order valence-corrected chi connectivity index (χ2v) is 8.48. The molecule has 0 saturated carbocycles. The number of piperazine rings is 1. The average Bonchev–Trinajstić information content (AvgIpc) is 3.35. The summed E-state index contributed by atoms with van der Waals surface area (Å²) in [6, 6.07) is 13.7. The molecule has 36 heavy (non-hydrogen) atoms. The zero-order chi connectivity index (χ0) is 25.2. The molecule has 0 radical (unpaired) electrons. The van der Waals surface area contributed by atoms with Crippen LogP contribution in [-0.2, 0) is 11.3 Å². The number of carbonyl (C=O) groups is 1. The van der Waals surface area contributed by atoms with Crippen molar-refractivity contribution in [2.45, 2.75) is 6.54 Å². The topological polar surface area (TPSA) is 81.3 Å². The number of carbonyl (C=O) groups excluding carboxylic acids is 1. The molecule has 0 aliphatic carbocycles. The number of benzene rings is 2. The van der Waals surface area contributed by atoms with E-state index in [9.17, 15) is 14.0 Å². The van der Waals surface area contributed by atoms with Crippen molar-refractivity contribution in [3.05, 3.63) is 77.1 Å². The van der Waals surface area contributed by atoms with Crippen LogP contribution in [0.2, 0.25) is 0 Å². The fourth-order valence-electron chi connectivity index (χ4n) is 4.44. The van der Waals surface area contributed by atoms with Crippen molar-refractivity contribution in [2.75, 3.05) is 45.3 Å². The Bertz CT molecular complexity index is 1470. The molecule has 3 heterocycles. The lowest BCUT2D eigenvalue weighted by Crippen LogP contribution is -2.50. The fraction of sp³-hybridized carbons (Fsp3) is 0.269. The van der Waals surface area contributed by atoms with Gasteiger partial charge in [-0.2, -0.15) is 5.10 Å². The van der Waals surface area contributed by atoms with Crippen LogP contribution in [0.15, 0.2) is 65.7 Å². The Morgan fingerprint density at radius 2 is 1.72 bits per heavy atom. The maximum atomic E-state index is 14.1. The van der Waals surface area contributed by atoms with E-state index in [2.05, 4.69) is 5.10 Å². The summed E-state index contributed by atoms with van der Waals surface area (Å²) in [5.74, 6) is 0.727. The largest absolute Gasteiger partial charge is 0.493 e. The van der Waals surface area contributed by atoms with Gasteiger partial charge in [0.25, 0.3) is 5.56 Å². The predicted octanol–water partition coefficient (Wildman–Crippen LogP) is 2.67. The van der Waals surface area contributed by atoms with Crippen LogP contribution in [0.1, 0.15) is 0 Å². The number of rotatable bonds is 6. The van der Waals surface area contributed by atoms with Crippen molar-refractivity contribution in [3.8, 4) is 22.8 Å². The van der Waals surface area contributed by atoms with Gasteiger partial charge in [-0.1, -0.05) is 12.1 Å². The zero-order valence-electron chi connectivity index (χ0n) is 20.1. The summed E-state index contributed by atoms with van der Waals surface area (Å²) in [5.41, 5.74) is 1.96. The highest BCUT2D eigenvalue weighted by Crippen LogP contribution is 2.31. The summed E-state index contributed by atoms with van der Waals surface area (Å²) in [6.45, 7) is 1.89. The molecule has 186 valence electrons. The molecule has 1 fully saturated rings. The standard InChI is InChI=1S/C26H26FN5O4/c1-35-23-8-7-18(15-24(23)36-2)20-16-22-26(34)31(13-14-32(22)28-20)17-25(33)30-11-9-29(10-12-30)21-6-4-3-5-19(21)27/h3-8,13-16H,9-12,17H2,1-2H3. The molecule has 9 nitrogen and oxygen atoms in total. The molecule has 0 unspecified atom stereocenters. The van der Waals surface area contributed by atoms with E-state index >= 15 is 0 Å². The smallest absolute Gasteiger partial charge is 0.277 e. The van der Waals surface area contributed by atoms with Gasteiger partial charge < -0.3 is 23.8 Å². The molecule has 0 N–H and O–H groups in total. The SMILES string of the molecule is COc1ccc(-c2cc3c(=O)n(CC(=O)N4CCN(c5ccccc5F)CC4)ccn3n2)cc1OC. The second-order valence-electron chi connectivity index (χ2n) is 8.48. The Kier molecular flexibility index (Phi) is 6.32. The van der Waals surface area contributed by atoms with Crippen LogP contribution in [0.3, 0.4) is 0 Å². The first-order valence-corrected chi connectivity index (χ1v) is 11.6. The van der Waals surface area contributed by atoms with Gasteiger partial charge in [-0.15, -0.1) is 0 Å². The Morgan fingerprint density at radius 3 is 2.44 bits per heavy atom. The van der Waals surface area contributed by atoms with Crippen molar-refractivity contribution in [2.24, 2.45) is 0 Å². The first-order chi connectivity index (χ1) is 17.5. The number of fused-ring (bicyclic) bond motifs is 1. The summed E-state index contributed by atoms with van der Waals surface area (Å²) < 4.78 is 27.6. The number of para-hydroxylation sites is 1. The van der Waals surface area contributed by atoms with Crippen molar-refractivity contribution < 1.29 is 18.7 Å². The van der Waals surface area contributed by atoms with Crippen LogP contribution in [0.5, 0.6) is 11.5 Å². The van der Waals surface area contributed by atoms with Crippen LogP contribution in [0.4, 0.5) is 10.1 Å². The molecule has 2 aromatic carbocycles. The summed E-state index contributed by atoms with van der Waals surface area (Å²) in [6.07, 6.45) is 3.22. The molecule has 4 aromatic rings. The van der Waals surface area contributed by atoms with Gasteiger partial charge in [0.2, 0.25) is 5.91 Å². The lowest BCUT2D eigenvalue weighted by atomic mass is 10.1. The van der Waals surface area contributed by atoms with Crippen molar-refractivity contribution in [1.29, 1.82) is 0 Å². The molecule has 0 atom stereocenters. The Balaban J connectivity index is 1.31. The summed E-state index contributed by atoms with van der Waals surface area (Å²) >= 11 is 0. The molecular formula is C26H26FN5O4. The minimum atomic E-state index is -0.310. The third-order valence-electron chi connectivity index (χ3n) is 6.41. The van der Waals surface area contributed by atoms with E-state index in [4.69, 9.17) is 9.47 Å². The number of ether oxygens (including phenoxy) is 2. The number of halogens is 1. The number of nitrogens with zero attached hydrogens (tertiary/aromatic N) is 5. The summed E-state index contributed by atoms with van der Waals surface area (Å²) in [4.78, 5) is 29.7. The number of methoxy groups -OCH3 is 2. The van der Waals surface area contributed by atoms with E-state index in [1.165, 1.54) is 15.1 Å². The highest BCUT2D eigenvalue weighted by Gasteiger charge is 2.23. The Labute approximate surface area is 206 Å². The first-order valence-electron chi connectivity index (χ1n) is 11.6. The van der Waals surface area contributed by atoms with Crippen molar-refractivity contribution in [1.82, 2.24) is 19.1 Å². The quantitative estimate of drug-likeness (QED) is 0.413. The van der Waals surface area contributed by atoms with Crippen LogP contribution >= 0.6 is 0 Å². The van der Waals surface area contributed by atoms with Crippen LogP contribution < -0.4 is 19.9 Å². The number of aromatic nitrogens is 3. The molecule has 0 bridgehead atoms. The van der Waals surface area contributed by atoms with Gasteiger partial charge in [0.05, 0.1) is 25.6 Å². The molecule has 2 aromatic heterocycles. The van der Waals surface area contributed by atoms with Gasteiger partial charge in [-0.25, -0.2) is 8.91 Å². The molecule has 1 aliphatic heterocycles. The predicted molar refractivity (Wildman–Crippen MR) is 133 cm³/mol. The van der Waals surface area contributed by atoms with E-state index in [-0.39, 0.29) is 23.8 Å². The normalized spacial score (nSPS) is 13.8. The molecule has 0 spiro atoms. The van der Waals surface area contributed by atoms with E-state index in [1.807, 2.05) is 11.0 Å². The minimum absolute atomic E-state index is 0.0775. The van der Waals surface area contributed by atoms with Gasteiger partial charge in [0.15, 0.2) is 11.5 Å². The zero-order valence-corrected chi connectivity index (χ0v) is 20.1. The Hall–Kier alpha value is -4.34. The minimum Gasteiger partial charge on any atom is -0.493 e. The maximum absolute atomic E-state index is 14.1. The van der Waals surface area contributed by atoms with Gasteiger partial charge in [-0.05, 0) is 36.4 Å². The summed E-state index contributed by atoms with van der Waals surface area (Å²) in [7, 11) is 3.12. The number of hydrogen-bond donors (Lipinski definition) is 0. The van der Waals surface area contributed by atoms with Crippen LogP contribution in [0.25, 0.3) is 16.8 Å². The Morgan fingerprint density at radius 1 is 0.972 bits per heavy atom. The third kappa shape index (κ3) is 4.37. The van der Waals surface area contributed by atoms with E-state index in [0.717, 1.165) is 5.56 Å². The van der Waals surface area contributed by atoms with Crippen molar-refractivity contribution in [3.63, 3.8) is 0 Å². The molecular weight excluding hydrogens is 465 g/mol. The van der Waals surface area contributed by atoms with Crippen molar-refractivity contribution >= 4 is 17.1 Å². The fourth-order valence-corrected chi connectivity index (χ4v) is 4.44. The van der Waals surface area contributed by atoms with E-state index in [0.29, 0.717) is 54.6 Å². The maximum Gasteiger partial charge on any atom is 0.277 e. The van der Waals surface area contributed by atoms with Gasteiger partial charge in [0, 0.05) is 44.1 Å². The van der Waals surface area contributed by atoms with Gasteiger partial charge in [-0.3, -0.25) is 9.59 Å². The second kappa shape index (κ2) is 9.73. The lowest BCUT2D eigenvalue weighted by Gasteiger charge is -2.36. The van der Waals surface area contributed by atoms with Crippen LogP contribution in [0, 0.1) is 5.82 Å². The molecule has 5 rings (SSSR count). The lowest BCUT2D eigenvalue weighted by molar-refractivity contribution is -0.132. The number of amides is 1.